The maximum Gasteiger partial charge on any atom is 0.269 e. The standard InChI is InChI=1S/C16H19N3OS/c1-17-14-8-15(19-13-5-3-2-4-12(13)14)16(20)18-9-11-6-7-21-10-11/h2-5,8,11H,6-7,9-10H2,1H3,(H,17,19)(H,18,20). The van der Waals surface area contributed by atoms with Gasteiger partial charge in [0.05, 0.1) is 5.52 Å². The summed E-state index contributed by atoms with van der Waals surface area (Å²) in [7, 11) is 1.86. The molecule has 4 nitrogen and oxygen atoms in total. The van der Waals surface area contributed by atoms with Crippen LogP contribution in [-0.2, 0) is 0 Å². The number of carbonyl (C=O) groups is 1. The molecule has 1 aliphatic rings. The van der Waals surface area contributed by atoms with Gasteiger partial charge in [-0.15, -0.1) is 0 Å². The molecule has 1 unspecified atom stereocenters. The monoisotopic (exact) mass is 301 g/mol. The van der Waals surface area contributed by atoms with E-state index in [4.69, 9.17) is 0 Å². The maximum absolute atomic E-state index is 12.3. The lowest BCUT2D eigenvalue weighted by Crippen LogP contribution is -2.30. The lowest BCUT2D eigenvalue weighted by Gasteiger charge is -2.12. The summed E-state index contributed by atoms with van der Waals surface area (Å²) in [6, 6.07) is 9.67. The summed E-state index contributed by atoms with van der Waals surface area (Å²) in [5.74, 6) is 2.86. The molecule has 1 aromatic heterocycles. The second-order valence-electron chi connectivity index (χ2n) is 5.26. The number of aromatic nitrogens is 1. The van der Waals surface area contributed by atoms with Gasteiger partial charge in [-0.1, -0.05) is 18.2 Å². The molecule has 2 N–H and O–H groups in total. The van der Waals surface area contributed by atoms with Crippen molar-refractivity contribution in [1.82, 2.24) is 10.3 Å². The lowest BCUT2D eigenvalue weighted by atomic mass is 10.1. The normalized spacial score (nSPS) is 17.9. The Morgan fingerprint density at radius 1 is 1.43 bits per heavy atom. The quantitative estimate of drug-likeness (QED) is 0.912. The van der Waals surface area contributed by atoms with Crippen molar-refractivity contribution in [1.29, 1.82) is 0 Å². The van der Waals surface area contributed by atoms with Gasteiger partial charge < -0.3 is 10.6 Å². The molecular formula is C16H19N3OS. The molecule has 0 aliphatic carbocycles. The average Bonchev–Trinajstić information content (AvgIpc) is 3.04. The third kappa shape index (κ3) is 3.13. The Morgan fingerprint density at radius 2 is 2.29 bits per heavy atom. The summed E-state index contributed by atoms with van der Waals surface area (Å²) in [4.78, 5) is 16.8. The Kier molecular flexibility index (Phi) is 4.29. The van der Waals surface area contributed by atoms with Crippen LogP contribution in [0.15, 0.2) is 30.3 Å². The first-order valence-electron chi connectivity index (χ1n) is 7.21. The van der Waals surface area contributed by atoms with Crippen molar-refractivity contribution in [3.05, 3.63) is 36.0 Å². The largest absolute Gasteiger partial charge is 0.388 e. The number of rotatable bonds is 4. The number of thioether (sulfide) groups is 1. The average molecular weight is 301 g/mol. The SMILES string of the molecule is CNc1cc(C(=O)NCC2CCSC2)nc2ccccc12. The molecule has 1 saturated heterocycles. The highest BCUT2D eigenvalue weighted by atomic mass is 32.2. The number of fused-ring (bicyclic) bond motifs is 1. The van der Waals surface area contributed by atoms with Crippen LogP contribution in [-0.4, -0.2) is 36.0 Å². The summed E-state index contributed by atoms with van der Waals surface area (Å²) in [5, 5.41) is 7.18. The Labute approximate surface area is 128 Å². The predicted octanol–water partition coefficient (Wildman–Crippen LogP) is 2.76. The third-order valence-electron chi connectivity index (χ3n) is 3.79. The summed E-state index contributed by atoms with van der Waals surface area (Å²) in [6.45, 7) is 0.745. The Morgan fingerprint density at radius 3 is 3.05 bits per heavy atom. The van der Waals surface area contributed by atoms with E-state index in [1.807, 2.05) is 49.1 Å². The van der Waals surface area contributed by atoms with Crippen LogP contribution >= 0.6 is 11.8 Å². The molecule has 1 amide bonds. The van der Waals surface area contributed by atoms with Gasteiger partial charge in [0.15, 0.2) is 0 Å². The van der Waals surface area contributed by atoms with Crippen molar-refractivity contribution in [2.75, 3.05) is 30.4 Å². The highest BCUT2D eigenvalue weighted by Crippen LogP contribution is 2.24. The minimum atomic E-state index is -0.0887. The highest BCUT2D eigenvalue weighted by Gasteiger charge is 2.17. The van der Waals surface area contributed by atoms with Gasteiger partial charge in [0.1, 0.15) is 5.69 Å². The van der Waals surface area contributed by atoms with Crippen molar-refractivity contribution in [3.8, 4) is 0 Å². The molecule has 0 radical (unpaired) electrons. The number of amides is 1. The number of pyridine rings is 1. The minimum absolute atomic E-state index is 0.0887. The lowest BCUT2D eigenvalue weighted by molar-refractivity contribution is 0.0944. The van der Waals surface area contributed by atoms with Crippen LogP contribution in [0.3, 0.4) is 0 Å². The molecule has 0 bridgehead atoms. The van der Waals surface area contributed by atoms with Gasteiger partial charge in [0, 0.05) is 24.7 Å². The van der Waals surface area contributed by atoms with Crippen molar-refractivity contribution >= 4 is 34.3 Å². The molecule has 1 atom stereocenters. The fraction of sp³-hybridized carbons (Fsp3) is 0.375. The van der Waals surface area contributed by atoms with Crippen LogP contribution < -0.4 is 10.6 Å². The van der Waals surface area contributed by atoms with E-state index in [1.165, 1.54) is 12.2 Å². The molecule has 2 heterocycles. The predicted molar refractivity (Wildman–Crippen MR) is 89.1 cm³/mol. The zero-order valence-corrected chi connectivity index (χ0v) is 12.9. The van der Waals surface area contributed by atoms with Crippen molar-refractivity contribution < 1.29 is 4.79 Å². The molecule has 2 aromatic rings. The van der Waals surface area contributed by atoms with Crippen LogP contribution in [0.1, 0.15) is 16.9 Å². The smallest absolute Gasteiger partial charge is 0.269 e. The molecule has 1 aliphatic heterocycles. The first kappa shape index (κ1) is 14.2. The number of benzene rings is 1. The number of nitrogens with zero attached hydrogens (tertiary/aromatic N) is 1. The fourth-order valence-electron chi connectivity index (χ4n) is 2.57. The van der Waals surface area contributed by atoms with Crippen molar-refractivity contribution in [2.24, 2.45) is 5.92 Å². The fourth-order valence-corrected chi connectivity index (χ4v) is 3.85. The maximum atomic E-state index is 12.3. The zero-order chi connectivity index (χ0) is 14.7. The molecule has 21 heavy (non-hydrogen) atoms. The number of hydrogen-bond acceptors (Lipinski definition) is 4. The first-order chi connectivity index (χ1) is 10.3. The summed E-state index contributed by atoms with van der Waals surface area (Å²) >= 11 is 1.96. The van der Waals surface area contributed by atoms with Crippen LogP contribution in [0, 0.1) is 5.92 Å². The van der Waals surface area contributed by atoms with E-state index >= 15 is 0 Å². The topological polar surface area (TPSA) is 54.0 Å². The molecule has 110 valence electrons. The van der Waals surface area contributed by atoms with Gasteiger partial charge >= 0.3 is 0 Å². The molecule has 5 heteroatoms. The van der Waals surface area contributed by atoms with E-state index in [0.29, 0.717) is 11.6 Å². The van der Waals surface area contributed by atoms with Gasteiger partial charge in [-0.05, 0) is 36.0 Å². The zero-order valence-electron chi connectivity index (χ0n) is 12.1. The van der Waals surface area contributed by atoms with Crippen LogP contribution in [0.2, 0.25) is 0 Å². The van der Waals surface area contributed by atoms with E-state index in [1.54, 1.807) is 0 Å². The van der Waals surface area contributed by atoms with Crippen LogP contribution in [0.25, 0.3) is 10.9 Å². The summed E-state index contributed by atoms with van der Waals surface area (Å²) < 4.78 is 0. The Bertz CT molecular complexity index is 653. The van der Waals surface area contributed by atoms with E-state index < -0.39 is 0 Å². The van der Waals surface area contributed by atoms with Crippen molar-refractivity contribution in [2.45, 2.75) is 6.42 Å². The molecule has 3 rings (SSSR count). The van der Waals surface area contributed by atoms with Gasteiger partial charge in [-0.3, -0.25) is 4.79 Å². The third-order valence-corrected chi connectivity index (χ3v) is 5.02. The molecule has 1 aromatic carbocycles. The van der Waals surface area contributed by atoms with E-state index in [2.05, 4.69) is 15.6 Å². The Hall–Kier alpha value is -1.75. The van der Waals surface area contributed by atoms with Crippen molar-refractivity contribution in [3.63, 3.8) is 0 Å². The molecule has 0 spiro atoms. The van der Waals surface area contributed by atoms with Crippen LogP contribution in [0.4, 0.5) is 5.69 Å². The van der Waals surface area contributed by atoms with E-state index in [0.717, 1.165) is 28.9 Å². The number of para-hydroxylation sites is 1. The highest BCUT2D eigenvalue weighted by molar-refractivity contribution is 7.99. The molecular weight excluding hydrogens is 282 g/mol. The van der Waals surface area contributed by atoms with Gasteiger partial charge in [-0.25, -0.2) is 4.98 Å². The van der Waals surface area contributed by atoms with Gasteiger partial charge in [0.25, 0.3) is 5.91 Å². The number of nitrogens with one attached hydrogen (secondary N) is 2. The van der Waals surface area contributed by atoms with Gasteiger partial charge in [-0.2, -0.15) is 11.8 Å². The first-order valence-corrected chi connectivity index (χ1v) is 8.37. The molecule has 0 saturated carbocycles. The minimum Gasteiger partial charge on any atom is -0.388 e. The second-order valence-corrected chi connectivity index (χ2v) is 6.41. The van der Waals surface area contributed by atoms with E-state index in [9.17, 15) is 4.79 Å². The number of carbonyl (C=O) groups excluding carboxylic acids is 1. The summed E-state index contributed by atoms with van der Waals surface area (Å²) in [6.07, 6.45) is 1.19. The second kappa shape index (κ2) is 6.35. The Balaban J connectivity index is 1.80. The van der Waals surface area contributed by atoms with Crippen LogP contribution in [0.5, 0.6) is 0 Å². The van der Waals surface area contributed by atoms with Gasteiger partial charge in [0.2, 0.25) is 0 Å². The summed E-state index contributed by atoms with van der Waals surface area (Å²) in [5.41, 5.74) is 2.25. The molecule has 1 fully saturated rings. The van der Waals surface area contributed by atoms with E-state index in [-0.39, 0.29) is 5.91 Å². The number of anilines is 1. The number of hydrogen-bond donors (Lipinski definition) is 2.